The number of carboxylic acid groups (broad SMARTS) is 2. The van der Waals surface area contributed by atoms with E-state index in [0.29, 0.717) is 6.42 Å². The molecule has 0 heterocycles. The van der Waals surface area contributed by atoms with Crippen LogP contribution in [-0.4, -0.2) is 34.1 Å². The lowest BCUT2D eigenvalue weighted by atomic mass is 10.0. The predicted octanol–water partition coefficient (Wildman–Crippen LogP) is 4.51. The van der Waals surface area contributed by atoms with Crippen molar-refractivity contribution in [1.82, 2.24) is 5.32 Å². The first kappa shape index (κ1) is 24.4. The van der Waals surface area contributed by atoms with Crippen LogP contribution in [0.15, 0.2) is 0 Å². The number of unbranched alkanes of at least 4 members (excludes halogenated alkanes) is 10. The van der Waals surface area contributed by atoms with Gasteiger partial charge in [0.15, 0.2) is 0 Å². The topological polar surface area (TPSA) is 104 Å². The first-order chi connectivity index (χ1) is 12.5. The molecule has 0 aromatic heterocycles. The van der Waals surface area contributed by atoms with Gasteiger partial charge in [-0.05, 0) is 19.3 Å². The molecule has 0 rings (SSSR count). The molecule has 3 N–H and O–H groups in total. The van der Waals surface area contributed by atoms with Crippen LogP contribution in [0.5, 0.6) is 0 Å². The molecule has 0 spiro atoms. The minimum absolute atomic E-state index is 0.0851. The van der Waals surface area contributed by atoms with Gasteiger partial charge in [0, 0.05) is 12.8 Å². The zero-order chi connectivity index (χ0) is 19.6. The van der Waals surface area contributed by atoms with E-state index in [2.05, 4.69) is 12.2 Å². The van der Waals surface area contributed by atoms with Gasteiger partial charge in [0.25, 0.3) is 0 Å². The number of carbonyl (C=O) groups is 3. The monoisotopic (exact) mass is 371 g/mol. The summed E-state index contributed by atoms with van der Waals surface area (Å²) in [6.07, 6.45) is 13.9. The highest BCUT2D eigenvalue weighted by Crippen LogP contribution is 2.12. The molecule has 6 nitrogen and oxygen atoms in total. The molecular weight excluding hydrogens is 334 g/mol. The summed E-state index contributed by atoms with van der Waals surface area (Å²) in [6, 6.07) is -0.991. The summed E-state index contributed by atoms with van der Waals surface area (Å²) in [4.78, 5) is 33.4. The highest BCUT2D eigenvalue weighted by molar-refractivity contribution is 5.83. The molecule has 0 aliphatic carbocycles. The Balaban J connectivity index is 3.61. The Morgan fingerprint density at radius 3 is 1.69 bits per heavy atom. The molecule has 0 fully saturated rings. The standard InChI is InChI=1S/C20H37NO5/c1-2-3-4-5-6-7-8-9-10-11-12-15-18(22)21-17(20(25)26)14-13-16-19(23)24/h17H,2-16H2,1H3,(H,21,22)(H,23,24)(H,25,26)/t17-/m1/s1. The number of nitrogens with one attached hydrogen (secondary N) is 1. The predicted molar refractivity (Wildman–Crippen MR) is 102 cm³/mol. The van der Waals surface area contributed by atoms with Crippen molar-refractivity contribution < 1.29 is 24.6 Å². The molecule has 1 atom stereocenters. The van der Waals surface area contributed by atoms with Gasteiger partial charge in [0.1, 0.15) is 6.04 Å². The summed E-state index contributed by atoms with van der Waals surface area (Å²) in [5.41, 5.74) is 0. The lowest BCUT2D eigenvalue weighted by Crippen LogP contribution is -2.40. The Morgan fingerprint density at radius 2 is 1.23 bits per heavy atom. The minimum atomic E-state index is -1.11. The average Bonchev–Trinajstić information content (AvgIpc) is 2.58. The van der Waals surface area contributed by atoms with Crippen molar-refractivity contribution in [3.63, 3.8) is 0 Å². The van der Waals surface area contributed by atoms with Gasteiger partial charge in [-0.15, -0.1) is 0 Å². The summed E-state index contributed by atoms with van der Waals surface area (Å²) >= 11 is 0. The molecule has 6 heteroatoms. The quantitative estimate of drug-likeness (QED) is 0.307. The van der Waals surface area contributed by atoms with Crippen molar-refractivity contribution in [2.75, 3.05) is 0 Å². The number of aliphatic carboxylic acids is 2. The van der Waals surface area contributed by atoms with E-state index >= 15 is 0 Å². The summed E-state index contributed by atoms with van der Waals surface area (Å²) in [6.45, 7) is 2.22. The number of rotatable bonds is 18. The maximum Gasteiger partial charge on any atom is 0.326 e. The third kappa shape index (κ3) is 15.9. The third-order valence-corrected chi connectivity index (χ3v) is 4.52. The van der Waals surface area contributed by atoms with Crippen molar-refractivity contribution in [3.8, 4) is 0 Å². The SMILES string of the molecule is CCCCCCCCCCCCCC(=O)N[C@H](CCCC(=O)O)C(=O)O. The van der Waals surface area contributed by atoms with Crippen molar-refractivity contribution in [1.29, 1.82) is 0 Å². The third-order valence-electron chi connectivity index (χ3n) is 4.52. The summed E-state index contributed by atoms with van der Waals surface area (Å²) < 4.78 is 0. The van der Waals surface area contributed by atoms with Crippen LogP contribution in [0.25, 0.3) is 0 Å². The second-order valence-corrected chi connectivity index (χ2v) is 7.03. The largest absolute Gasteiger partial charge is 0.481 e. The van der Waals surface area contributed by atoms with Crippen LogP contribution in [0.3, 0.4) is 0 Å². The Labute approximate surface area is 157 Å². The highest BCUT2D eigenvalue weighted by Gasteiger charge is 2.19. The molecule has 0 aliphatic heterocycles. The first-order valence-electron chi connectivity index (χ1n) is 10.2. The molecule has 0 unspecified atom stereocenters. The Morgan fingerprint density at radius 1 is 0.731 bits per heavy atom. The molecule has 0 saturated heterocycles. The maximum atomic E-state index is 11.8. The van der Waals surface area contributed by atoms with Crippen LogP contribution in [0.1, 0.15) is 103 Å². The van der Waals surface area contributed by atoms with Crippen LogP contribution in [0.4, 0.5) is 0 Å². The summed E-state index contributed by atoms with van der Waals surface area (Å²) in [5.74, 6) is -2.33. The van der Waals surface area contributed by atoms with Crippen LogP contribution in [0, 0.1) is 0 Å². The lowest BCUT2D eigenvalue weighted by Gasteiger charge is -2.14. The lowest BCUT2D eigenvalue weighted by molar-refractivity contribution is -0.142. The van der Waals surface area contributed by atoms with Crippen LogP contribution < -0.4 is 5.32 Å². The van der Waals surface area contributed by atoms with E-state index in [0.717, 1.165) is 19.3 Å². The van der Waals surface area contributed by atoms with Gasteiger partial charge < -0.3 is 15.5 Å². The Hall–Kier alpha value is -1.59. The zero-order valence-corrected chi connectivity index (χ0v) is 16.3. The molecule has 0 bridgehead atoms. The van der Waals surface area contributed by atoms with E-state index in [1.165, 1.54) is 51.4 Å². The fraction of sp³-hybridized carbons (Fsp3) is 0.850. The van der Waals surface area contributed by atoms with E-state index in [-0.39, 0.29) is 25.2 Å². The van der Waals surface area contributed by atoms with E-state index in [1.54, 1.807) is 0 Å². The van der Waals surface area contributed by atoms with Gasteiger partial charge in [0.05, 0.1) is 0 Å². The van der Waals surface area contributed by atoms with Gasteiger partial charge in [-0.3, -0.25) is 9.59 Å². The normalized spacial score (nSPS) is 11.9. The second kappa shape index (κ2) is 16.9. The number of hydrogen-bond acceptors (Lipinski definition) is 3. The second-order valence-electron chi connectivity index (χ2n) is 7.03. The van der Waals surface area contributed by atoms with Crippen LogP contribution in [0.2, 0.25) is 0 Å². The molecule has 0 radical (unpaired) electrons. The van der Waals surface area contributed by atoms with Gasteiger partial charge in [-0.25, -0.2) is 4.79 Å². The van der Waals surface area contributed by atoms with Gasteiger partial charge in [-0.2, -0.15) is 0 Å². The minimum Gasteiger partial charge on any atom is -0.481 e. The number of carboxylic acids is 2. The van der Waals surface area contributed by atoms with Crippen molar-refractivity contribution in [2.45, 2.75) is 109 Å². The average molecular weight is 372 g/mol. The fourth-order valence-electron chi connectivity index (χ4n) is 2.93. The smallest absolute Gasteiger partial charge is 0.326 e. The van der Waals surface area contributed by atoms with E-state index in [4.69, 9.17) is 10.2 Å². The van der Waals surface area contributed by atoms with Crippen molar-refractivity contribution in [3.05, 3.63) is 0 Å². The molecule has 26 heavy (non-hydrogen) atoms. The Bertz CT molecular complexity index is 398. The van der Waals surface area contributed by atoms with Gasteiger partial charge in [-0.1, -0.05) is 71.1 Å². The molecular formula is C20H37NO5. The van der Waals surface area contributed by atoms with Crippen LogP contribution in [-0.2, 0) is 14.4 Å². The highest BCUT2D eigenvalue weighted by atomic mass is 16.4. The summed E-state index contributed by atoms with van der Waals surface area (Å²) in [7, 11) is 0. The Kier molecular flexibility index (Phi) is 15.8. The van der Waals surface area contributed by atoms with Gasteiger partial charge >= 0.3 is 11.9 Å². The molecule has 0 aromatic rings. The summed E-state index contributed by atoms with van der Waals surface area (Å²) in [5, 5.41) is 20.2. The first-order valence-corrected chi connectivity index (χ1v) is 10.2. The number of carbonyl (C=O) groups excluding carboxylic acids is 1. The number of hydrogen-bond donors (Lipinski definition) is 3. The van der Waals surface area contributed by atoms with E-state index in [9.17, 15) is 14.4 Å². The fourth-order valence-corrected chi connectivity index (χ4v) is 2.93. The molecule has 152 valence electrons. The molecule has 0 aromatic carbocycles. The van der Waals surface area contributed by atoms with Crippen LogP contribution >= 0.6 is 0 Å². The molecule has 0 aliphatic rings. The van der Waals surface area contributed by atoms with Crippen molar-refractivity contribution in [2.24, 2.45) is 0 Å². The molecule has 0 saturated carbocycles. The van der Waals surface area contributed by atoms with Gasteiger partial charge in [0.2, 0.25) is 5.91 Å². The maximum absolute atomic E-state index is 11.8. The van der Waals surface area contributed by atoms with E-state index in [1.807, 2.05) is 0 Å². The zero-order valence-electron chi connectivity index (χ0n) is 16.3. The molecule has 1 amide bonds. The number of amides is 1. The van der Waals surface area contributed by atoms with Crippen molar-refractivity contribution >= 4 is 17.8 Å². The van der Waals surface area contributed by atoms with E-state index < -0.39 is 18.0 Å².